The average molecular weight is 254 g/mol. The Morgan fingerprint density at radius 3 is 3.00 bits per heavy atom. The van der Waals surface area contributed by atoms with Gasteiger partial charge in [-0.05, 0) is 6.54 Å². The van der Waals surface area contributed by atoms with Gasteiger partial charge < -0.3 is 10.5 Å². The second kappa shape index (κ2) is 5.11. The van der Waals surface area contributed by atoms with E-state index in [-0.39, 0.29) is 6.01 Å². The second-order valence-corrected chi connectivity index (χ2v) is 3.69. The van der Waals surface area contributed by atoms with Crippen LogP contribution in [0.2, 0.25) is 5.02 Å². The average Bonchev–Trinajstić information content (AvgIpc) is 2.78. The van der Waals surface area contributed by atoms with Crippen LogP contribution in [-0.4, -0.2) is 33.2 Å². The Labute approximate surface area is 103 Å². The number of halogens is 1. The van der Waals surface area contributed by atoms with Crippen LogP contribution in [-0.2, 0) is 6.42 Å². The summed E-state index contributed by atoms with van der Waals surface area (Å²) >= 11 is 6.06. The Hall–Kier alpha value is -1.66. The van der Waals surface area contributed by atoms with E-state index in [0.29, 0.717) is 23.8 Å². The van der Waals surface area contributed by atoms with Gasteiger partial charge in [0.15, 0.2) is 5.82 Å². The van der Waals surface area contributed by atoms with Crippen LogP contribution in [0.25, 0.3) is 5.82 Å². The highest BCUT2D eigenvalue weighted by atomic mass is 35.5. The molecule has 0 amide bonds. The van der Waals surface area contributed by atoms with E-state index in [1.165, 1.54) is 13.3 Å². The number of nitrogens with zero attached hydrogens (tertiary/aromatic N) is 4. The summed E-state index contributed by atoms with van der Waals surface area (Å²) in [6.07, 6.45) is 5.60. The van der Waals surface area contributed by atoms with Gasteiger partial charge in [0, 0.05) is 18.8 Å². The maximum atomic E-state index is 6.06. The molecule has 0 spiro atoms. The Balaban J connectivity index is 2.47. The molecule has 0 aromatic carbocycles. The molecule has 2 aromatic heterocycles. The standard InChI is InChI=1S/C10H12ClN5O/c1-17-10-14-6-7(11)9(15-10)16-5-4-13-8(16)2-3-12/h4-6H,2-3,12H2,1H3. The molecule has 2 aromatic rings. The molecular formula is C10H12ClN5O. The lowest BCUT2D eigenvalue weighted by Gasteiger charge is -2.08. The van der Waals surface area contributed by atoms with Crippen LogP contribution in [0.1, 0.15) is 5.82 Å². The maximum absolute atomic E-state index is 6.06. The first-order valence-electron chi connectivity index (χ1n) is 5.05. The largest absolute Gasteiger partial charge is 0.467 e. The van der Waals surface area contributed by atoms with E-state index in [1.807, 2.05) is 0 Å². The fourth-order valence-corrected chi connectivity index (χ4v) is 1.63. The third kappa shape index (κ3) is 2.37. The fourth-order valence-electron chi connectivity index (χ4n) is 1.45. The zero-order valence-electron chi connectivity index (χ0n) is 9.30. The van der Waals surface area contributed by atoms with Gasteiger partial charge in [-0.25, -0.2) is 9.97 Å². The van der Waals surface area contributed by atoms with E-state index < -0.39 is 0 Å². The van der Waals surface area contributed by atoms with Crippen molar-refractivity contribution in [2.75, 3.05) is 13.7 Å². The number of rotatable bonds is 4. The SMILES string of the molecule is COc1ncc(Cl)c(-n2ccnc2CCN)n1. The van der Waals surface area contributed by atoms with E-state index in [0.717, 1.165) is 5.82 Å². The first kappa shape index (κ1) is 11.8. The van der Waals surface area contributed by atoms with Crippen molar-refractivity contribution in [2.24, 2.45) is 5.73 Å². The summed E-state index contributed by atoms with van der Waals surface area (Å²) in [6.45, 7) is 0.511. The molecule has 0 bridgehead atoms. The minimum atomic E-state index is 0.261. The first-order chi connectivity index (χ1) is 8.26. The molecule has 90 valence electrons. The molecule has 0 saturated carbocycles. The van der Waals surface area contributed by atoms with Crippen LogP contribution in [0.4, 0.5) is 0 Å². The number of nitrogens with two attached hydrogens (primary N) is 1. The van der Waals surface area contributed by atoms with E-state index in [2.05, 4.69) is 15.0 Å². The van der Waals surface area contributed by atoms with E-state index in [1.54, 1.807) is 17.0 Å². The normalized spacial score (nSPS) is 10.5. The zero-order chi connectivity index (χ0) is 12.3. The third-order valence-electron chi connectivity index (χ3n) is 2.20. The Bertz CT molecular complexity index is 513. The predicted molar refractivity (Wildman–Crippen MR) is 63.5 cm³/mol. The molecule has 0 radical (unpaired) electrons. The van der Waals surface area contributed by atoms with Crippen molar-refractivity contribution in [1.29, 1.82) is 0 Å². The van der Waals surface area contributed by atoms with Crippen LogP contribution < -0.4 is 10.5 Å². The molecule has 2 rings (SSSR count). The molecular weight excluding hydrogens is 242 g/mol. The number of hydrogen-bond donors (Lipinski definition) is 1. The van der Waals surface area contributed by atoms with E-state index >= 15 is 0 Å². The third-order valence-corrected chi connectivity index (χ3v) is 2.47. The van der Waals surface area contributed by atoms with Crippen molar-refractivity contribution < 1.29 is 4.74 Å². The zero-order valence-corrected chi connectivity index (χ0v) is 10.1. The quantitative estimate of drug-likeness (QED) is 0.873. The minimum absolute atomic E-state index is 0.261. The van der Waals surface area contributed by atoms with Gasteiger partial charge in [0.05, 0.1) is 13.3 Å². The summed E-state index contributed by atoms with van der Waals surface area (Å²) < 4.78 is 6.75. The predicted octanol–water partition coefficient (Wildman–Crippen LogP) is 0.825. The number of methoxy groups -OCH3 is 1. The highest BCUT2D eigenvalue weighted by Crippen LogP contribution is 2.20. The molecule has 17 heavy (non-hydrogen) atoms. The molecule has 0 saturated heterocycles. The lowest BCUT2D eigenvalue weighted by molar-refractivity contribution is 0.379. The molecule has 6 nitrogen and oxygen atoms in total. The molecule has 2 N–H and O–H groups in total. The first-order valence-corrected chi connectivity index (χ1v) is 5.43. The summed E-state index contributed by atoms with van der Waals surface area (Å²) in [6, 6.07) is 0.261. The maximum Gasteiger partial charge on any atom is 0.318 e. The lowest BCUT2D eigenvalue weighted by atomic mass is 10.4. The van der Waals surface area contributed by atoms with Crippen molar-refractivity contribution in [3.05, 3.63) is 29.4 Å². The van der Waals surface area contributed by atoms with Gasteiger partial charge in [-0.15, -0.1) is 0 Å². The van der Waals surface area contributed by atoms with E-state index in [4.69, 9.17) is 22.1 Å². The van der Waals surface area contributed by atoms with Crippen LogP contribution in [0, 0.1) is 0 Å². The number of aromatic nitrogens is 4. The second-order valence-electron chi connectivity index (χ2n) is 3.28. The summed E-state index contributed by atoms with van der Waals surface area (Å²) in [5, 5.41) is 0.432. The molecule has 0 aliphatic carbocycles. The van der Waals surface area contributed by atoms with E-state index in [9.17, 15) is 0 Å². The van der Waals surface area contributed by atoms with Gasteiger partial charge in [-0.2, -0.15) is 4.98 Å². The van der Waals surface area contributed by atoms with Gasteiger partial charge in [-0.1, -0.05) is 11.6 Å². The van der Waals surface area contributed by atoms with Crippen molar-refractivity contribution >= 4 is 11.6 Å². The Morgan fingerprint density at radius 1 is 1.47 bits per heavy atom. The van der Waals surface area contributed by atoms with Crippen molar-refractivity contribution in [2.45, 2.75) is 6.42 Å². The van der Waals surface area contributed by atoms with Gasteiger partial charge in [0.1, 0.15) is 10.8 Å². The van der Waals surface area contributed by atoms with Gasteiger partial charge >= 0.3 is 6.01 Å². The minimum Gasteiger partial charge on any atom is -0.467 e. The molecule has 0 unspecified atom stereocenters. The Morgan fingerprint density at radius 2 is 2.29 bits per heavy atom. The smallest absolute Gasteiger partial charge is 0.318 e. The number of hydrogen-bond acceptors (Lipinski definition) is 5. The van der Waals surface area contributed by atoms with Crippen molar-refractivity contribution in [3.63, 3.8) is 0 Å². The van der Waals surface area contributed by atoms with Crippen LogP contribution in [0.15, 0.2) is 18.6 Å². The molecule has 7 heteroatoms. The van der Waals surface area contributed by atoms with Crippen LogP contribution in [0.5, 0.6) is 6.01 Å². The fraction of sp³-hybridized carbons (Fsp3) is 0.300. The van der Waals surface area contributed by atoms with Crippen molar-refractivity contribution in [1.82, 2.24) is 19.5 Å². The molecule has 2 heterocycles. The topological polar surface area (TPSA) is 78.8 Å². The monoisotopic (exact) mass is 253 g/mol. The molecule has 0 atom stereocenters. The summed E-state index contributed by atoms with van der Waals surface area (Å²) in [7, 11) is 1.50. The Kier molecular flexibility index (Phi) is 3.55. The number of ether oxygens (including phenoxy) is 1. The number of imidazole rings is 1. The van der Waals surface area contributed by atoms with Gasteiger partial charge in [-0.3, -0.25) is 4.57 Å². The van der Waals surface area contributed by atoms with Crippen LogP contribution >= 0.6 is 11.6 Å². The summed E-state index contributed by atoms with van der Waals surface area (Å²) in [5.74, 6) is 1.34. The van der Waals surface area contributed by atoms with Gasteiger partial charge in [0.2, 0.25) is 0 Å². The molecule has 0 fully saturated rings. The molecule has 0 aliphatic heterocycles. The lowest BCUT2D eigenvalue weighted by Crippen LogP contribution is -2.10. The van der Waals surface area contributed by atoms with Crippen molar-refractivity contribution in [3.8, 4) is 11.8 Å². The highest BCUT2D eigenvalue weighted by molar-refractivity contribution is 6.32. The van der Waals surface area contributed by atoms with Gasteiger partial charge in [0.25, 0.3) is 0 Å². The summed E-state index contributed by atoms with van der Waals surface area (Å²) in [5.41, 5.74) is 5.52. The molecule has 0 aliphatic rings. The highest BCUT2D eigenvalue weighted by Gasteiger charge is 2.11. The van der Waals surface area contributed by atoms with Crippen LogP contribution in [0.3, 0.4) is 0 Å². The summed E-state index contributed by atoms with van der Waals surface area (Å²) in [4.78, 5) is 12.3.